The Morgan fingerprint density at radius 1 is 1.23 bits per heavy atom. The first-order valence-corrected chi connectivity index (χ1v) is 6.61. The van der Waals surface area contributed by atoms with Crippen LogP contribution in [0.25, 0.3) is 10.8 Å². The highest BCUT2D eigenvalue weighted by Gasteiger charge is 2.29. The van der Waals surface area contributed by atoms with Crippen molar-refractivity contribution < 1.29 is 14.5 Å². The van der Waals surface area contributed by atoms with E-state index < -0.39 is 22.4 Å². The van der Waals surface area contributed by atoms with Crippen LogP contribution >= 0.6 is 0 Å². The van der Waals surface area contributed by atoms with Crippen molar-refractivity contribution in [3.63, 3.8) is 0 Å². The summed E-state index contributed by atoms with van der Waals surface area (Å²) in [6, 6.07) is 5.05. The molecule has 0 bridgehead atoms. The molecule has 1 aromatic carbocycles. The molecule has 2 heterocycles. The van der Waals surface area contributed by atoms with E-state index in [0.29, 0.717) is 5.39 Å². The minimum absolute atomic E-state index is 0.0419. The molecule has 2 aromatic rings. The zero-order valence-corrected chi connectivity index (χ0v) is 11.3. The summed E-state index contributed by atoms with van der Waals surface area (Å²) in [7, 11) is 0. The van der Waals surface area contributed by atoms with Gasteiger partial charge in [0.05, 0.1) is 4.92 Å². The largest absolute Gasteiger partial charge is 0.302 e. The van der Waals surface area contributed by atoms with Crippen LogP contribution in [0.15, 0.2) is 35.3 Å². The molecule has 8 heteroatoms. The van der Waals surface area contributed by atoms with Gasteiger partial charge >= 0.3 is 0 Å². The molecule has 1 aliphatic rings. The van der Waals surface area contributed by atoms with Crippen LogP contribution in [0.1, 0.15) is 18.9 Å². The van der Waals surface area contributed by atoms with Crippen LogP contribution in [0.4, 0.5) is 5.69 Å². The number of hydrogen-bond donors (Lipinski definition) is 1. The second-order valence-electron chi connectivity index (χ2n) is 4.99. The standard InChI is InChI=1S/C14H11N3O5/c18-11-5-4-10(13(19)15-11)16-7-6-8-2-1-3-9(17(21)22)12(8)14(16)20/h1-3,6-7,10H,4-5H2,(H,15,18,19). The zero-order chi connectivity index (χ0) is 15.9. The van der Waals surface area contributed by atoms with Crippen LogP contribution in [0.5, 0.6) is 0 Å². The first-order chi connectivity index (χ1) is 10.5. The molecule has 1 aliphatic heterocycles. The molecular weight excluding hydrogens is 290 g/mol. The molecule has 1 unspecified atom stereocenters. The van der Waals surface area contributed by atoms with E-state index in [1.165, 1.54) is 18.3 Å². The number of non-ortho nitro benzene ring substituents is 1. The maximum atomic E-state index is 12.6. The number of fused-ring (bicyclic) bond motifs is 1. The van der Waals surface area contributed by atoms with Gasteiger partial charge in [0.2, 0.25) is 11.8 Å². The van der Waals surface area contributed by atoms with Crippen molar-refractivity contribution in [2.45, 2.75) is 18.9 Å². The Morgan fingerprint density at radius 3 is 2.68 bits per heavy atom. The summed E-state index contributed by atoms with van der Waals surface area (Å²) >= 11 is 0. The van der Waals surface area contributed by atoms with Gasteiger partial charge in [-0.05, 0) is 17.9 Å². The lowest BCUT2D eigenvalue weighted by atomic mass is 10.0. The van der Waals surface area contributed by atoms with Crippen LogP contribution in [0.3, 0.4) is 0 Å². The fraction of sp³-hybridized carbons (Fsp3) is 0.214. The van der Waals surface area contributed by atoms with Gasteiger partial charge in [-0.2, -0.15) is 0 Å². The molecular formula is C14H11N3O5. The third-order valence-corrected chi connectivity index (χ3v) is 3.68. The number of imide groups is 1. The molecule has 22 heavy (non-hydrogen) atoms. The number of benzene rings is 1. The Balaban J connectivity index is 2.20. The third kappa shape index (κ3) is 2.14. The fourth-order valence-electron chi connectivity index (χ4n) is 2.63. The highest BCUT2D eigenvalue weighted by molar-refractivity contribution is 5.99. The number of nitrogens with zero attached hydrogens (tertiary/aromatic N) is 2. The van der Waals surface area contributed by atoms with E-state index in [-0.39, 0.29) is 29.8 Å². The lowest BCUT2D eigenvalue weighted by Crippen LogP contribution is -2.44. The average Bonchev–Trinajstić information content (AvgIpc) is 2.48. The van der Waals surface area contributed by atoms with Gasteiger partial charge in [0, 0.05) is 18.7 Å². The van der Waals surface area contributed by atoms with Crippen molar-refractivity contribution in [1.82, 2.24) is 9.88 Å². The van der Waals surface area contributed by atoms with Gasteiger partial charge in [-0.25, -0.2) is 0 Å². The third-order valence-electron chi connectivity index (χ3n) is 3.68. The summed E-state index contributed by atoms with van der Waals surface area (Å²) in [6.07, 6.45) is 1.74. The number of piperidine rings is 1. The Morgan fingerprint density at radius 2 is 2.00 bits per heavy atom. The predicted octanol–water partition coefficient (Wildman–Crippen LogP) is 0.887. The van der Waals surface area contributed by atoms with Crippen molar-refractivity contribution in [2.75, 3.05) is 0 Å². The lowest BCUT2D eigenvalue weighted by Gasteiger charge is -2.22. The maximum absolute atomic E-state index is 12.6. The van der Waals surface area contributed by atoms with Gasteiger partial charge in [0.1, 0.15) is 11.4 Å². The summed E-state index contributed by atoms with van der Waals surface area (Å²) < 4.78 is 1.15. The minimum Gasteiger partial charge on any atom is -0.302 e. The summed E-state index contributed by atoms with van der Waals surface area (Å²) in [5.41, 5.74) is -0.913. The molecule has 1 N–H and O–H groups in total. The van der Waals surface area contributed by atoms with Crippen LogP contribution in [-0.4, -0.2) is 21.3 Å². The SMILES string of the molecule is O=C1CCC(n2ccc3cccc([N+](=O)[O-])c3c2=O)C(=O)N1. The Hall–Kier alpha value is -3.03. The van der Waals surface area contributed by atoms with Crippen molar-refractivity contribution in [1.29, 1.82) is 0 Å². The number of pyridine rings is 1. The molecule has 0 aliphatic carbocycles. The second-order valence-corrected chi connectivity index (χ2v) is 4.99. The smallest absolute Gasteiger partial charge is 0.282 e. The van der Waals surface area contributed by atoms with Crippen molar-refractivity contribution in [3.05, 3.63) is 50.9 Å². The van der Waals surface area contributed by atoms with Gasteiger partial charge in [-0.15, -0.1) is 0 Å². The van der Waals surface area contributed by atoms with Gasteiger partial charge in [-0.3, -0.25) is 29.8 Å². The highest BCUT2D eigenvalue weighted by Crippen LogP contribution is 2.24. The lowest BCUT2D eigenvalue weighted by molar-refractivity contribution is -0.383. The van der Waals surface area contributed by atoms with Crippen molar-refractivity contribution in [3.8, 4) is 0 Å². The summed E-state index contributed by atoms with van der Waals surface area (Å²) in [5.74, 6) is -0.961. The van der Waals surface area contributed by atoms with Crippen LogP contribution in [0, 0.1) is 10.1 Å². The number of carbonyl (C=O) groups is 2. The van der Waals surface area contributed by atoms with E-state index in [1.807, 2.05) is 0 Å². The molecule has 1 aromatic heterocycles. The van der Waals surface area contributed by atoms with E-state index in [4.69, 9.17) is 0 Å². The molecule has 0 spiro atoms. The molecule has 1 fully saturated rings. The van der Waals surface area contributed by atoms with Crippen molar-refractivity contribution in [2.24, 2.45) is 0 Å². The Bertz CT molecular complexity index is 870. The quantitative estimate of drug-likeness (QED) is 0.503. The van der Waals surface area contributed by atoms with E-state index in [2.05, 4.69) is 5.32 Å². The van der Waals surface area contributed by atoms with Crippen LogP contribution < -0.4 is 10.9 Å². The van der Waals surface area contributed by atoms with Gasteiger partial charge in [-0.1, -0.05) is 12.1 Å². The van der Waals surface area contributed by atoms with E-state index in [9.17, 15) is 24.5 Å². The van der Waals surface area contributed by atoms with Crippen LogP contribution in [0.2, 0.25) is 0 Å². The molecule has 1 atom stereocenters. The van der Waals surface area contributed by atoms with Crippen LogP contribution in [-0.2, 0) is 9.59 Å². The first-order valence-electron chi connectivity index (χ1n) is 6.61. The number of carbonyl (C=O) groups excluding carboxylic acids is 2. The van der Waals surface area contributed by atoms with Gasteiger partial charge in [0.15, 0.2) is 0 Å². The van der Waals surface area contributed by atoms with E-state index in [1.54, 1.807) is 12.1 Å². The van der Waals surface area contributed by atoms with E-state index in [0.717, 1.165) is 4.57 Å². The van der Waals surface area contributed by atoms with Gasteiger partial charge in [0.25, 0.3) is 11.2 Å². The highest BCUT2D eigenvalue weighted by atomic mass is 16.6. The monoisotopic (exact) mass is 301 g/mol. The number of hydrogen-bond acceptors (Lipinski definition) is 5. The zero-order valence-electron chi connectivity index (χ0n) is 11.3. The van der Waals surface area contributed by atoms with Gasteiger partial charge < -0.3 is 4.57 Å². The second kappa shape index (κ2) is 5.06. The Labute approximate surface area is 123 Å². The minimum atomic E-state index is -0.839. The predicted molar refractivity (Wildman–Crippen MR) is 76.3 cm³/mol. The molecule has 0 radical (unpaired) electrons. The number of nitrogens with one attached hydrogen (secondary N) is 1. The molecule has 112 valence electrons. The fourth-order valence-corrected chi connectivity index (χ4v) is 2.63. The average molecular weight is 301 g/mol. The molecule has 3 rings (SSSR count). The Kier molecular flexibility index (Phi) is 3.21. The van der Waals surface area contributed by atoms with Crippen molar-refractivity contribution >= 4 is 28.3 Å². The number of aromatic nitrogens is 1. The molecule has 1 saturated heterocycles. The normalized spacial score (nSPS) is 18.3. The number of nitro benzene ring substituents is 1. The summed E-state index contributed by atoms with van der Waals surface area (Å²) in [4.78, 5) is 46.1. The van der Waals surface area contributed by atoms with E-state index >= 15 is 0 Å². The molecule has 0 saturated carbocycles. The molecule has 2 amide bonds. The molecule has 8 nitrogen and oxygen atoms in total. The topological polar surface area (TPSA) is 111 Å². The first kappa shape index (κ1) is 13.9. The number of rotatable bonds is 2. The number of amides is 2. The number of nitro groups is 1. The summed E-state index contributed by atoms with van der Waals surface area (Å²) in [6.45, 7) is 0. The maximum Gasteiger partial charge on any atom is 0.282 e. The summed E-state index contributed by atoms with van der Waals surface area (Å²) in [5, 5.41) is 13.7.